The van der Waals surface area contributed by atoms with Crippen LogP contribution in [0.4, 0.5) is 4.39 Å². The van der Waals surface area contributed by atoms with Gasteiger partial charge in [-0.05, 0) is 25.1 Å². The molecule has 0 unspecified atom stereocenters. The highest BCUT2D eigenvalue weighted by atomic mass is 19.1. The summed E-state index contributed by atoms with van der Waals surface area (Å²) in [7, 11) is 2.00. The molecule has 1 heterocycles. The molecule has 1 N–H and O–H groups in total. The van der Waals surface area contributed by atoms with Crippen molar-refractivity contribution in [3.63, 3.8) is 0 Å². The molecule has 2 rings (SSSR count). The maximum absolute atomic E-state index is 13.5. The fraction of sp³-hybridized carbons (Fsp3) is 0.286. The number of hydrogen-bond donors (Lipinski definition) is 1. The number of halogens is 1. The van der Waals surface area contributed by atoms with Crippen LogP contribution in [0.3, 0.4) is 0 Å². The van der Waals surface area contributed by atoms with Crippen molar-refractivity contribution in [1.29, 1.82) is 0 Å². The molecule has 0 saturated carbocycles. The molecule has 1 atom stereocenters. The summed E-state index contributed by atoms with van der Waals surface area (Å²) in [6.07, 6.45) is 2.00. The fourth-order valence-corrected chi connectivity index (χ4v) is 1.87. The molecule has 0 amide bonds. The zero-order valence-corrected chi connectivity index (χ0v) is 10.2. The first-order chi connectivity index (χ1) is 8.18. The van der Waals surface area contributed by atoms with Crippen molar-refractivity contribution in [2.75, 3.05) is 0 Å². The van der Waals surface area contributed by atoms with Crippen LogP contribution in [0.2, 0.25) is 0 Å². The zero-order valence-electron chi connectivity index (χ0n) is 10.2. The Morgan fingerprint density at radius 2 is 2.00 bits per heavy atom. The van der Waals surface area contributed by atoms with E-state index in [1.54, 1.807) is 6.07 Å². The minimum Gasteiger partial charge on any atom is -0.353 e. The van der Waals surface area contributed by atoms with Gasteiger partial charge in [0.1, 0.15) is 5.82 Å². The summed E-state index contributed by atoms with van der Waals surface area (Å²) >= 11 is 0. The van der Waals surface area contributed by atoms with E-state index in [2.05, 4.69) is 16.0 Å². The van der Waals surface area contributed by atoms with E-state index < -0.39 is 0 Å². The highest BCUT2D eigenvalue weighted by Crippen LogP contribution is 2.16. The summed E-state index contributed by atoms with van der Waals surface area (Å²) in [6.45, 7) is 2.71. The number of nitrogens with zero attached hydrogens (tertiary/aromatic N) is 1. The minimum atomic E-state index is -0.153. The Hall–Kier alpha value is -1.61. The normalized spacial score (nSPS) is 12.6. The monoisotopic (exact) mass is 232 g/mol. The van der Waals surface area contributed by atoms with Crippen LogP contribution in [0, 0.1) is 5.82 Å². The van der Waals surface area contributed by atoms with Gasteiger partial charge in [0, 0.05) is 37.1 Å². The lowest BCUT2D eigenvalue weighted by molar-refractivity contribution is 0.520. The van der Waals surface area contributed by atoms with Gasteiger partial charge in [0.2, 0.25) is 0 Å². The Labute approximate surface area is 101 Å². The average Bonchev–Trinajstić information content (AvgIpc) is 2.72. The third-order valence-corrected chi connectivity index (χ3v) is 3.01. The number of benzene rings is 1. The predicted molar refractivity (Wildman–Crippen MR) is 67.1 cm³/mol. The van der Waals surface area contributed by atoms with Crippen LogP contribution in [-0.4, -0.2) is 4.57 Å². The van der Waals surface area contributed by atoms with E-state index in [4.69, 9.17) is 0 Å². The third-order valence-electron chi connectivity index (χ3n) is 3.01. The second kappa shape index (κ2) is 5.15. The van der Waals surface area contributed by atoms with Gasteiger partial charge in [-0.1, -0.05) is 18.2 Å². The Balaban J connectivity index is 2.01. The third kappa shape index (κ3) is 2.74. The van der Waals surface area contributed by atoms with Crippen LogP contribution in [0.1, 0.15) is 24.2 Å². The van der Waals surface area contributed by atoms with Gasteiger partial charge in [0.25, 0.3) is 0 Å². The van der Waals surface area contributed by atoms with E-state index in [1.165, 1.54) is 11.8 Å². The van der Waals surface area contributed by atoms with Crippen molar-refractivity contribution in [3.05, 3.63) is 59.7 Å². The van der Waals surface area contributed by atoms with Crippen molar-refractivity contribution in [2.24, 2.45) is 7.05 Å². The van der Waals surface area contributed by atoms with Crippen molar-refractivity contribution in [1.82, 2.24) is 9.88 Å². The first-order valence-electron chi connectivity index (χ1n) is 5.76. The molecule has 3 heteroatoms. The molecule has 1 aromatic carbocycles. The van der Waals surface area contributed by atoms with E-state index in [9.17, 15) is 4.39 Å². The lowest BCUT2D eigenvalue weighted by Crippen LogP contribution is -2.20. The summed E-state index contributed by atoms with van der Waals surface area (Å²) in [5.41, 5.74) is 1.90. The summed E-state index contributed by atoms with van der Waals surface area (Å²) < 4.78 is 15.6. The predicted octanol–water partition coefficient (Wildman–Crippen LogP) is 3.02. The zero-order chi connectivity index (χ0) is 12.3. The van der Waals surface area contributed by atoms with Gasteiger partial charge in [-0.15, -0.1) is 0 Å². The first kappa shape index (κ1) is 11.9. The lowest BCUT2D eigenvalue weighted by Gasteiger charge is -2.15. The number of hydrogen-bond acceptors (Lipinski definition) is 1. The van der Waals surface area contributed by atoms with Crippen LogP contribution in [0.25, 0.3) is 0 Å². The van der Waals surface area contributed by atoms with Gasteiger partial charge in [0.05, 0.1) is 0 Å². The van der Waals surface area contributed by atoms with Crippen molar-refractivity contribution >= 4 is 0 Å². The molecule has 17 heavy (non-hydrogen) atoms. The SMILES string of the molecule is C[C@@H](NCc1cccn1C)c1ccccc1F. The molecule has 2 aromatic rings. The molecule has 0 radical (unpaired) electrons. The largest absolute Gasteiger partial charge is 0.353 e. The highest BCUT2D eigenvalue weighted by Gasteiger charge is 2.09. The van der Waals surface area contributed by atoms with Crippen LogP contribution >= 0.6 is 0 Å². The summed E-state index contributed by atoms with van der Waals surface area (Å²) in [4.78, 5) is 0. The number of aryl methyl sites for hydroxylation is 1. The topological polar surface area (TPSA) is 17.0 Å². The van der Waals surface area contributed by atoms with E-state index in [0.717, 1.165) is 6.54 Å². The van der Waals surface area contributed by atoms with Gasteiger partial charge < -0.3 is 9.88 Å². The molecule has 0 bridgehead atoms. The van der Waals surface area contributed by atoms with Crippen molar-refractivity contribution < 1.29 is 4.39 Å². The summed E-state index contributed by atoms with van der Waals surface area (Å²) in [5, 5.41) is 3.32. The van der Waals surface area contributed by atoms with Crippen molar-refractivity contribution in [2.45, 2.75) is 19.5 Å². The summed E-state index contributed by atoms with van der Waals surface area (Å²) in [6, 6.07) is 11.0. The molecule has 0 saturated heterocycles. The van der Waals surface area contributed by atoms with Gasteiger partial charge in [-0.25, -0.2) is 4.39 Å². The highest BCUT2D eigenvalue weighted by molar-refractivity contribution is 5.20. The molecule has 0 spiro atoms. The second-order valence-electron chi connectivity index (χ2n) is 4.23. The van der Waals surface area contributed by atoms with Gasteiger partial charge >= 0.3 is 0 Å². The van der Waals surface area contributed by atoms with Gasteiger partial charge in [0.15, 0.2) is 0 Å². The smallest absolute Gasteiger partial charge is 0.127 e. The lowest BCUT2D eigenvalue weighted by atomic mass is 10.1. The molecule has 2 nitrogen and oxygen atoms in total. The minimum absolute atomic E-state index is 0.00565. The van der Waals surface area contributed by atoms with Crippen LogP contribution in [0.15, 0.2) is 42.6 Å². The molecule has 90 valence electrons. The number of aromatic nitrogens is 1. The van der Waals surface area contributed by atoms with Gasteiger partial charge in [-0.3, -0.25) is 0 Å². The summed E-state index contributed by atoms with van der Waals surface area (Å²) in [5.74, 6) is -0.153. The van der Waals surface area contributed by atoms with E-state index in [0.29, 0.717) is 5.56 Å². The van der Waals surface area contributed by atoms with E-state index in [1.807, 2.05) is 38.4 Å². The number of nitrogens with one attached hydrogen (secondary N) is 1. The molecule has 0 fully saturated rings. The fourth-order valence-electron chi connectivity index (χ4n) is 1.87. The van der Waals surface area contributed by atoms with E-state index >= 15 is 0 Å². The molecule has 1 aromatic heterocycles. The van der Waals surface area contributed by atoms with Crippen LogP contribution in [-0.2, 0) is 13.6 Å². The van der Waals surface area contributed by atoms with E-state index in [-0.39, 0.29) is 11.9 Å². The first-order valence-corrected chi connectivity index (χ1v) is 5.76. The molecule has 0 aliphatic rings. The molecule has 0 aliphatic heterocycles. The van der Waals surface area contributed by atoms with Crippen LogP contribution in [0.5, 0.6) is 0 Å². The maximum Gasteiger partial charge on any atom is 0.127 e. The van der Waals surface area contributed by atoms with Crippen molar-refractivity contribution in [3.8, 4) is 0 Å². The molecular formula is C14H17FN2. The maximum atomic E-state index is 13.5. The Morgan fingerprint density at radius 3 is 2.65 bits per heavy atom. The standard InChI is InChI=1S/C14H17FN2/c1-11(13-7-3-4-8-14(13)15)16-10-12-6-5-9-17(12)2/h3-9,11,16H,10H2,1-2H3/t11-/m1/s1. The average molecular weight is 232 g/mol. The Bertz CT molecular complexity index is 490. The molecular weight excluding hydrogens is 215 g/mol. The van der Waals surface area contributed by atoms with Crippen LogP contribution < -0.4 is 5.32 Å². The number of rotatable bonds is 4. The second-order valence-corrected chi connectivity index (χ2v) is 4.23. The Morgan fingerprint density at radius 1 is 1.24 bits per heavy atom. The quantitative estimate of drug-likeness (QED) is 0.857. The van der Waals surface area contributed by atoms with Gasteiger partial charge in [-0.2, -0.15) is 0 Å². The Kier molecular flexibility index (Phi) is 3.59. The molecule has 0 aliphatic carbocycles.